The maximum Gasteiger partial charge on any atom is 0.197 e. The van der Waals surface area contributed by atoms with Crippen LogP contribution in [0.1, 0.15) is 5.56 Å². The number of anilines is 1. The number of nitrogens with one attached hydrogen (secondary N) is 1. The monoisotopic (exact) mass is 361 g/mol. The molecule has 0 spiro atoms. The quantitative estimate of drug-likeness (QED) is 0.412. The summed E-state index contributed by atoms with van der Waals surface area (Å²) in [6.07, 6.45) is 3.05. The van der Waals surface area contributed by atoms with Crippen molar-refractivity contribution in [2.24, 2.45) is 5.10 Å². The van der Waals surface area contributed by atoms with Crippen molar-refractivity contribution >= 4 is 40.1 Å². The summed E-state index contributed by atoms with van der Waals surface area (Å²) in [6, 6.07) is 14.4. The third-order valence-corrected chi connectivity index (χ3v) is 3.78. The molecule has 0 unspecified atom stereocenters. The molecule has 1 N–H and O–H groups in total. The van der Waals surface area contributed by atoms with E-state index >= 15 is 0 Å². The zero-order chi connectivity index (χ0) is 18.6. The number of ether oxygens (including phenoxy) is 1. The molecule has 0 saturated carbocycles. The van der Waals surface area contributed by atoms with Gasteiger partial charge in [0, 0.05) is 5.39 Å². The van der Waals surface area contributed by atoms with Crippen LogP contribution in [0.25, 0.3) is 22.1 Å². The van der Waals surface area contributed by atoms with Crippen LogP contribution in [-0.4, -0.2) is 28.8 Å². The van der Waals surface area contributed by atoms with Gasteiger partial charge in [0.2, 0.25) is 0 Å². The number of furan rings is 1. The molecule has 0 fully saturated rings. The number of hydrogen-bond donors (Lipinski definition) is 1. The highest BCUT2D eigenvalue weighted by atomic mass is 16.5. The van der Waals surface area contributed by atoms with Crippen LogP contribution >= 0.6 is 0 Å². The molecule has 2 aromatic carbocycles. The minimum Gasteiger partial charge on any atom is -0.546 e. The lowest BCUT2D eigenvalue weighted by atomic mass is 10.2. The molecule has 0 atom stereocenters. The van der Waals surface area contributed by atoms with Crippen molar-refractivity contribution in [1.29, 1.82) is 0 Å². The zero-order valence-corrected chi connectivity index (χ0v) is 14.0. The third kappa shape index (κ3) is 3.54. The molecule has 2 aromatic heterocycles. The highest BCUT2D eigenvalue weighted by molar-refractivity contribution is 6.05. The number of para-hydroxylation sites is 1. The number of rotatable bonds is 6. The maximum absolute atomic E-state index is 10.4. The van der Waals surface area contributed by atoms with Crippen molar-refractivity contribution in [3.63, 3.8) is 0 Å². The van der Waals surface area contributed by atoms with E-state index in [4.69, 9.17) is 9.15 Å². The molecule has 2 heterocycles. The number of nitrogens with zero attached hydrogens (tertiary/aromatic N) is 3. The van der Waals surface area contributed by atoms with Crippen molar-refractivity contribution in [2.45, 2.75) is 0 Å². The maximum atomic E-state index is 10.4. The van der Waals surface area contributed by atoms with Gasteiger partial charge in [-0.25, -0.2) is 9.97 Å². The highest BCUT2D eigenvalue weighted by Crippen LogP contribution is 2.30. The molecule has 0 amide bonds. The number of benzene rings is 2. The Morgan fingerprint density at radius 2 is 2.00 bits per heavy atom. The molecule has 27 heavy (non-hydrogen) atoms. The predicted octanol–water partition coefficient (Wildman–Crippen LogP) is 1.95. The van der Waals surface area contributed by atoms with Crippen molar-refractivity contribution in [3.8, 4) is 5.75 Å². The largest absolute Gasteiger partial charge is 0.546 e. The van der Waals surface area contributed by atoms with Crippen molar-refractivity contribution in [1.82, 2.24) is 9.97 Å². The Kier molecular flexibility index (Phi) is 4.36. The molecular weight excluding hydrogens is 348 g/mol. The standard InChI is InChI=1S/C19H14N4O4/c24-16(25)10-26-13-7-5-12(6-8-13)9-22-23-19-18-17(20-11-21-19)14-3-1-2-4-15(14)27-18/h1-9,11H,10H2,(H,24,25)(H,20,21,23)/p-1/b22-9-. The molecule has 0 radical (unpaired) electrons. The van der Waals surface area contributed by atoms with E-state index in [0.29, 0.717) is 22.7 Å². The van der Waals surface area contributed by atoms with Crippen LogP contribution in [0.5, 0.6) is 5.75 Å². The van der Waals surface area contributed by atoms with Crippen molar-refractivity contribution < 1.29 is 19.1 Å². The summed E-state index contributed by atoms with van der Waals surface area (Å²) < 4.78 is 10.8. The number of fused-ring (bicyclic) bond motifs is 3. The lowest BCUT2D eigenvalue weighted by Crippen LogP contribution is -2.28. The summed E-state index contributed by atoms with van der Waals surface area (Å²) in [6.45, 7) is -0.490. The van der Waals surface area contributed by atoms with Gasteiger partial charge in [-0.15, -0.1) is 0 Å². The van der Waals surface area contributed by atoms with Gasteiger partial charge in [0.1, 0.15) is 29.8 Å². The highest BCUT2D eigenvalue weighted by Gasteiger charge is 2.12. The van der Waals surface area contributed by atoms with Crippen LogP contribution < -0.4 is 15.3 Å². The first-order valence-electron chi connectivity index (χ1n) is 8.05. The van der Waals surface area contributed by atoms with Crippen molar-refractivity contribution in [2.75, 3.05) is 12.0 Å². The Labute approximate surface area is 153 Å². The molecular formula is C19H13N4O4-. The van der Waals surface area contributed by atoms with Crippen LogP contribution in [-0.2, 0) is 4.79 Å². The average Bonchev–Trinajstić information content (AvgIpc) is 3.07. The molecule has 8 nitrogen and oxygen atoms in total. The summed E-state index contributed by atoms with van der Waals surface area (Å²) >= 11 is 0. The fraction of sp³-hybridized carbons (Fsp3) is 0.0526. The Balaban J connectivity index is 1.50. The number of carboxylic acid groups (broad SMARTS) is 1. The SMILES string of the molecule is O=C([O-])COc1ccc(/C=N\Nc2ncnc3c2oc2ccccc23)cc1. The van der Waals surface area contributed by atoms with Gasteiger partial charge in [0.25, 0.3) is 0 Å². The number of aromatic nitrogens is 2. The van der Waals surface area contributed by atoms with E-state index < -0.39 is 12.6 Å². The van der Waals surface area contributed by atoms with Gasteiger partial charge in [-0.05, 0) is 42.0 Å². The fourth-order valence-electron chi connectivity index (χ4n) is 2.56. The Morgan fingerprint density at radius 3 is 2.81 bits per heavy atom. The van der Waals surface area contributed by atoms with E-state index in [9.17, 15) is 9.90 Å². The molecule has 0 bridgehead atoms. The lowest BCUT2D eigenvalue weighted by molar-refractivity contribution is -0.307. The number of aliphatic carboxylic acids is 1. The molecule has 134 valence electrons. The topological polar surface area (TPSA) is 113 Å². The number of hydrogen-bond acceptors (Lipinski definition) is 8. The summed E-state index contributed by atoms with van der Waals surface area (Å²) in [5, 5.41) is 15.5. The van der Waals surface area contributed by atoms with E-state index in [2.05, 4.69) is 20.5 Å². The van der Waals surface area contributed by atoms with E-state index in [-0.39, 0.29) is 0 Å². The van der Waals surface area contributed by atoms with Gasteiger partial charge in [0.15, 0.2) is 11.4 Å². The first-order chi connectivity index (χ1) is 13.2. The van der Waals surface area contributed by atoms with Crippen LogP contribution in [0.2, 0.25) is 0 Å². The van der Waals surface area contributed by atoms with Crippen LogP contribution in [0.4, 0.5) is 5.82 Å². The van der Waals surface area contributed by atoms with Gasteiger partial charge >= 0.3 is 0 Å². The minimum atomic E-state index is -1.27. The second-order valence-corrected chi connectivity index (χ2v) is 5.60. The Hall–Kier alpha value is -3.94. The normalized spacial score (nSPS) is 11.3. The Morgan fingerprint density at radius 1 is 1.19 bits per heavy atom. The van der Waals surface area contributed by atoms with E-state index in [0.717, 1.165) is 16.5 Å². The van der Waals surface area contributed by atoms with Crippen LogP contribution in [0.15, 0.2) is 64.4 Å². The number of carbonyl (C=O) groups excluding carboxylic acids is 1. The average molecular weight is 361 g/mol. The lowest BCUT2D eigenvalue weighted by Gasteiger charge is -2.06. The second-order valence-electron chi connectivity index (χ2n) is 5.60. The summed E-state index contributed by atoms with van der Waals surface area (Å²) in [5.74, 6) is -0.378. The van der Waals surface area contributed by atoms with E-state index in [1.807, 2.05) is 24.3 Å². The van der Waals surface area contributed by atoms with Crippen molar-refractivity contribution in [3.05, 3.63) is 60.4 Å². The van der Waals surface area contributed by atoms with Gasteiger partial charge in [-0.3, -0.25) is 5.43 Å². The first-order valence-corrected chi connectivity index (χ1v) is 8.05. The first kappa shape index (κ1) is 16.5. The molecule has 8 heteroatoms. The number of hydrazone groups is 1. The zero-order valence-electron chi connectivity index (χ0n) is 14.0. The second kappa shape index (κ2) is 7.12. The van der Waals surface area contributed by atoms with Gasteiger partial charge in [0.05, 0.1) is 12.2 Å². The summed E-state index contributed by atoms with van der Waals surface area (Å²) in [7, 11) is 0. The molecule has 0 aliphatic heterocycles. The fourth-order valence-corrected chi connectivity index (χ4v) is 2.56. The predicted molar refractivity (Wildman–Crippen MR) is 97.5 cm³/mol. The van der Waals surface area contributed by atoms with Gasteiger partial charge in [-0.1, -0.05) is 12.1 Å². The molecule has 0 saturated heterocycles. The summed E-state index contributed by atoms with van der Waals surface area (Å²) in [4.78, 5) is 18.8. The Bertz CT molecular complexity index is 1140. The minimum absolute atomic E-state index is 0.434. The van der Waals surface area contributed by atoms with Crippen LogP contribution in [0, 0.1) is 0 Å². The van der Waals surface area contributed by atoms with Gasteiger partial charge < -0.3 is 19.1 Å². The molecule has 4 aromatic rings. The van der Waals surface area contributed by atoms with E-state index in [1.54, 1.807) is 30.5 Å². The number of carboxylic acids is 1. The molecule has 4 rings (SSSR count). The molecule has 0 aliphatic carbocycles. The van der Waals surface area contributed by atoms with Gasteiger partial charge in [-0.2, -0.15) is 5.10 Å². The molecule has 0 aliphatic rings. The smallest absolute Gasteiger partial charge is 0.197 e. The summed E-state index contributed by atoms with van der Waals surface area (Å²) in [5.41, 5.74) is 5.62. The van der Waals surface area contributed by atoms with E-state index in [1.165, 1.54) is 6.33 Å². The third-order valence-electron chi connectivity index (χ3n) is 3.78. The van der Waals surface area contributed by atoms with Crippen LogP contribution in [0.3, 0.4) is 0 Å². The number of carbonyl (C=O) groups is 1.